The molecule has 2 heterocycles. The molecule has 1 amide bonds. The van der Waals surface area contributed by atoms with Gasteiger partial charge in [-0.15, -0.1) is 0 Å². The van der Waals surface area contributed by atoms with Gasteiger partial charge in [-0.05, 0) is 50.5 Å². The molecule has 2 aromatic rings. The lowest BCUT2D eigenvalue weighted by Gasteiger charge is -2.16. The van der Waals surface area contributed by atoms with Crippen LogP contribution in [-0.2, 0) is 13.0 Å². The third-order valence-electron chi connectivity index (χ3n) is 4.24. The summed E-state index contributed by atoms with van der Waals surface area (Å²) in [4.78, 5) is 16.8. The average molecular weight is 329 g/mol. The normalized spacial score (nSPS) is 13.2. The minimum Gasteiger partial charge on any atom is -0.497 e. The van der Waals surface area contributed by atoms with Crippen LogP contribution in [0.25, 0.3) is 0 Å². The number of hydrogen-bond acceptors (Lipinski definition) is 4. The zero-order valence-electron chi connectivity index (χ0n) is 14.2. The molecule has 1 aromatic heterocycles. The Morgan fingerprint density at radius 1 is 1.25 bits per heavy atom. The van der Waals surface area contributed by atoms with Gasteiger partial charge in [-0.25, -0.2) is 4.98 Å². The van der Waals surface area contributed by atoms with Gasteiger partial charge in [-0.2, -0.15) is 0 Å². The maximum absolute atomic E-state index is 12.4. The third kappa shape index (κ3) is 3.53. The Kier molecular flexibility index (Phi) is 5.03. The second-order valence-electron chi connectivity index (χ2n) is 5.84. The van der Waals surface area contributed by atoms with Gasteiger partial charge in [0.15, 0.2) is 0 Å². The number of ether oxygens (including phenoxy) is 2. The van der Waals surface area contributed by atoms with E-state index < -0.39 is 0 Å². The molecule has 0 bridgehead atoms. The molecular formula is C18H23N3O3. The Balaban J connectivity index is 1.51. The Labute approximate surface area is 141 Å². The van der Waals surface area contributed by atoms with E-state index in [1.165, 1.54) is 0 Å². The van der Waals surface area contributed by atoms with Crippen molar-refractivity contribution in [2.75, 3.05) is 20.3 Å². The Bertz CT molecular complexity index is 707. The fraction of sp³-hybridized carbons (Fsp3) is 0.444. The lowest BCUT2D eigenvalue weighted by Crippen LogP contribution is -2.29. The van der Waals surface area contributed by atoms with E-state index in [2.05, 4.69) is 14.9 Å². The van der Waals surface area contributed by atoms with Crippen LogP contribution in [0, 0.1) is 6.92 Å². The van der Waals surface area contributed by atoms with Crippen LogP contribution in [0.3, 0.4) is 0 Å². The fourth-order valence-corrected chi connectivity index (χ4v) is 2.99. The van der Waals surface area contributed by atoms with Gasteiger partial charge >= 0.3 is 0 Å². The maximum Gasteiger partial charge on any atom is 0.271 e. The second kappa shape index (κ2) is 7.38. The fourth-order valence-electron chi connectivity index (χ4n) is 2.99. The van der Waals surface area contributed by atoms with Crippen LogP contribution in [-0.4, -0.2) is 35.7 Å². The smallest absolute Gasteiger partial charge is 0.271 e. The van der Waals surface area contributed by atoms with Crippen LogP contribution in [0.5, 0.6) is 11.5 Å². The molecule has 24 heavy (non-hydrogen) atoms. The lowest BCUT2D eigenvalue weighted by atomic mass is 10.1. The van der Waals surface area contributed by atoms with E-state index in [0.717, 1.165) is 48.8 Å². The molecular weight excluding hydrogens is 306 g/mol. The van der Waals surface area contributed by atoms with Crippen molar-refractivity contribution in [3.05, 3.63) is 41.5 Å². The third-order valence-corrected chi connectivity index (χ3v) is 4.24. The molecule has 6 heteroatoms. The molecule has 1 aliphatic heterocycles. The molecule has 0 fully saturated rings. The summed E-state index contributed by atoms with van der Waals surface area (Å²) in [5, 5.41) is 2.89. The van der Waals surface area contributed by atoms with Crippen molar-refractivity contribution in [2.24, 2.45) is 0 Å². The number of imidazole rings is 1. The monoisotopic (exact) mass is 329 g/mol. The molecule has 1 N–H and O–H groups in total. The number of methoxy groups -OCH3 is 1. The number of benzene rings is 1. The Morgan fingerprint density at radius 2 is 2.00 bits per heavy atom. The molecule has 0 radical (unpaired) electrons. The minimum absolute atomic E-state index is 0.118. The first-order valence-electron chi connectivity index (χ1n) is 8.30. The largest absolute Gasteiger partial charge is 0.497 e. The van der Waals surface area contributed by atoms with Crippen molar-refractivity contribution >= 4 is 5.91 Å². The summed E-state index contributed by atoms with van der Waals surface area (Å²) in [5.74, 6) is 2.34. The molecule has 0 saturated heterocycles. The number of aromatic nitrogens is 2. The summed E-state index contributed by atoms with van der Waals surface area (Å²) in [6.45, 7) is 3.77. The van der Waals surface area contributed by atoms with Gasteiger partial charge in [0.05, 0.1) is 19.3 Å². The molecule has 1 aliphatic rings. The zero-order valence-corrected chi connectivity index (χ0v) is 14.2. The summed E-state index contributed by atoms with van der Waals surface area (Å²) < 4.78 is 12.9. The van der Waals surface area contributed by atoms with Crippen LogP contribution in [0.4, 0.5) is 0 Å². The van der Waals surface area contributed by atoms with Crippen molar-refractivity contribution in [1.29, 1.82) is 0 Å². The highest BCUT2D eigenvalue weighted by atomic mass is 16.5. The number of amides is 1. The number of aryl methyl sites for hydroxylation is 1. The molecule has 0 unspecified atom stereocenters. The molecule has 0 saturated carbocycles. The van der Waals surface area contributed by atoms with E-state index in [9.17, 15) is 4.79 Å². The van der Waals surface area contributed by atoms with Gasteiger partial charge in [-0.3, -0.25) is 4.79 Å². The van der Waals surface area contributed by atoms with Gasteiger partial charge in [0.25, 0.3) is 5.91 Å². The van der Waals surface area contributed by atoms with Gasteiger partial charge in [0.1, 0.15) is 29.6 Å². The Morgan fingerprint density at radius 3 is 2.75 bits per heavy atom. The van der Waals surface area contributed by atoms with E-state index in [4.69, 9.17) is 9.47 Å². The van der Waals surface area contributed by atoms with Crippen molar-refractivity contribution in [3.8, 4) is 11.5 Å². The van der Waals surface area contributed by atoms with Crippen molar-refractivity contribution < 1.29 is 14.3 Å². The predicted octanol–water partition coefficient (Wildman–Crippen LogP) is 2.35. The molecule has 128 valence electrons. The Hall–Kier alpha value is -2.50. The zero-order chi connectivity index (χ0) is 16.9. The van der Waals surface area contributed by atoms with Gasteiger partial charge < -0.3 is 19.4 Å². The topological polar surface area (TPSA) is 65.4 Å². The number of carbonyl (C=O) groups excluding carboxylic acids is 1. The molecule has 1 aromatic carbocycles. The highest BCUT2D eigenvalue weighted by Crippen LogP contribution is 2.20. The maximum atomic E-state index is 12.4. The first kappa shape index (κ1) is 16.4. The van der Waals surface area contributed by atoms with E-state index in [0.29, 0.717) is 18.8 Å². The van der Waals surface area contributed by atoms with Crippen molar-refractivity contribution in [2.45, 2.75) is 32.7 Å². The molecule has 0 spiro atoms. The van der Waals surface area contributed by atoms with Gasteiger partial charge in [0, 0.05) is 6.54 Å². The van der Waals surface area contributed by atoms with E-state index in [1.807, 2.05) is 31.2 Å². The number of nitrogens with zero attached hydrogens (tertiary/aromatic N) is 2. The lowest BCUT2D eigenvalue weighted by molar-refractivity contribution is 0.0941. The molecule has 3 rings (SSSR count). The van der Waals surface area contributed by atoms with Crippen LogP contribution in [0.15, 0.2) is 24.3 Å². The standard InChI is InChI=1S/C18H23N3O3/c1-13-20-17(16-5-3-4-11-21(13)16)18(22)19-10-12-24-15-8-6-14(23-2)7-9-15/h6-9H,3-5,10-12H2,1-2H3,(H,19,22). The number of carbonyl (C=O) groups is 1. The number of nitrogens with one attached hydrogen (secondary N) is 1. The molecule has 0 aliphatic carbocycles. The predicted molar refractivity (Wildman–Crippen MR) is 90.7 cm³/mol. The first-order valence-corrected chi connectivity index (χ1v) is 8.30. The van der Waals surface area contributed by atoms with Crippen LogP contribution in [0.2, 0.25) is 0 Å². The summed E-state index contributed by atoms with van der Waals surface area (Å²) in [5.41, 5.74) is 1.63. The molecule has 0 atom stereocenters. The molecule has 6 nitrogen and oxygen atoms in total. The summed E-state index contributed by atoms with van der Waals surface area (Å²) >= 11 is 0. The SMILES string of the molecule is COc1ccc(OCCNC(=O)c2nc(C)n3c2CCCC3)cc1. The van der Waals surface area contributed by atoms with Crippen molar-refractivity contribution in [3.63, 3.8) is 0 Å². The second-order valence-corrected chi connectivity index (χ2v) is 5.84. The number of rotatable bonds is 6. The van der Waals surface area contributed by atoms with E-state index >= 15 is 0 Å². The van der Waals surface area contributed by atoms with E-state index in [-0.39, 0.29) is 5.91 Å². The highest BCUT2D eigenvalue weighted by Gasteiger charge is 2.22. The van der Waals surface area contributed by atoms with Crippen LogP contribution < -0.4 is 14.8 Å². The average Bonchev–Trinajstić information content (AvgIpc) is 2.96. The minimum atomic E-state index is -0.118. The van der Waals surface area contributed by atoms with Gasteiger partial charge in [-0.1, -0.05) is 0 Å². The summed E-state index contributed by atoms with van der Waals surface area (Å²) in [7, 11) is 1.63. The number of hydrogen-bond donors (Lipinski definition) is 1. The van der Waals surface area contributed by atoms with Crippen LogP contribution in [0.1, 0.15) is 34.8 Å². The number of fused-ring (bicyclic) bond motifs is 1. The first-order chi connectivity index (χ1) is 11.7. The van der Waals surface area contributed by atoms with Gasteiger partial charge in [0.2, 0.25) is 0 Å². The summed E-state index contributed by atoms with van der Waals surface area (Å²) in [6, 6.07) is 7.37. The van der Waals surface area contributed by atoms with E-state index in [1.54, 1.807) is 7.11 Å². The van der Waals surface area contributed by atoms with Crippen molar-refractivity contribution in [1.82, 2.24) is 14.9 Å². The summed E-state index contributed by atoms with van der Waals surface area (Å²) in [6.07, 6.45) is 3.19. The quantitative estimate of drug-likeness (QED) is 0.826. The highest BCUT2D eigenvalue weighted by molar-refractivity contribution is 5.93. The van der Waals surface area contributed by atoms with Crippen LogP contribution >= 0.6 is 0 Å².